The molecular weight excluding hydrogens is 238 g/mol. The van der Waals surface area contributed by atoms with Crippen molar-refractivity contribution >= 4 is 23.3 Å². The van der Waals surface area contributed by atoms with E-state index >= 15 is 0 Å². The molecule has 0 radical (unpaired) electrons. The number of nitrogens with zero attached hydrogens (tertiary/aromatic N) is 1. The minimum atomic E-state index is -0.157. The van der Waals surface area contributed by atoms with Crippen LogP contribution in [0.2, 0.25) is 5.02 Å². The number of hydrogen-bond acceptors (Lipinski definition) is 3. The van der Waals surface area contributed by atoms with E-state index in [4.69, 9.17) is 17.3 Å². The van der Waals surface area contributed by atoms with Crippen LogP contribution < -0.4 is 11.1 Å². The Morgan fingerprint density at radius 3 is 2.88 bits per heavy atom. The fraction of sp³-hybridized carbons (Fsp3) is 0.500. The van der Waals surface area contributed by atoms with Crippen LogP contribution in [0.4, 0.5) is 5.82 Å². The van der Waals surface area contributed by atoms with Gasteiger partial charge in [-0.15, -0.1) is 0 Å². The maximum atomic E-state index is 11.7. The van der Waals surface area contributed by atoms with Gasteiger partial charge in [0.05, 0.1) is 10.6 Å². The Hall–Kier alpha value is -1.29. The Morgan fingerprint density at radius 2 is 2.24 bits per heavy atom. The van der Waals surface area contributed by atoms with Crippen LogP contribution in [0.3, 0.4) is 0 Å². The standard InChI is InChI=1S/C12H18ClN3O/c1-2-3-4-5-6-15-12(17)9-7-10(13)11(14)16-8-9/h7-8H,2-6H2,1H3,(H2,14,16)(H,15,17). The van der Waals surface area contributed by atoms with Gasteiger partial charge >= 0.3 is 0 Å². The quantitative estimate of drug-likeness (QED) is 0.768. The third kappa shape index (κ3) is 4.61. The first-order valence-electron chi connectivity index (χ1n) is 5.84. The zero-order chi connectivity index (χ0) is 12.7. The Balaban J connectivity index is 2.39. The molecule has 5 heteroatoms. The van der Waals surface area contributed by atoms with E-state index in [1.807, 2.05) is 0 Å². The van der Waals surface area contributed by atoms with Crippen LogP contribution in [0.1, 0.15) is 43.0 Å². The van der Waals surface area contributed by atoms with Gasteiger partial charge in [0.15, 0.2) is 0 Å². The molecule has 0 bridgehead atoms. The number of nitrogen functional groups attached to an aromatic ring is 1. The van der Waals surface area contributed by atoms with E-state index in [0.29, 0.717) is 17.1 Å². The van der Waals surface area contributed by atoms with E-state index in [2.05, 4.69) is 17.2 Å². The number of hydrogen-bond donors (Lipinski definition) is 2. The van der Waals surface area contributed by atoms with E-state index < -0.39 is 0 Å². The first-order valence-corrected chi connectivity index (χ1v) is 6.22. The average Bonchev–Trinajstić information content (AvgIpc) is 2.32. The van der Waals surface area contributed by atoms with E-state index in [-0.39, 0.29) is 11.7 Å². The smallest absolute Gasteiger partial charge is 0.252 e. The van der Waals surface area contributed by atoms with Crippen molar-refractivity contribution in [1.29, 1.82) is 0 Å². The van der Waals surface area contributed by atoms with Crippen molar-refractivity contribution in [1.82, 2.24) is 10.3 Å². The topological polar surface area (TPSA) is 68.0 Å². The number of unbranched alkanes of at least 4 members (excludes halogenated alkanes) is 3. The average molecular weight is 256 g/mol. The lowest BCUT2D eigenvalue weighted by Gasteiger charge is -2.05. The number of carbonyl (C=O) groups is 1. The van der Waals surface area contributed by atoms with Gasteiger partial charge in [-0.1, -0.05) is 37.8 Å². The molecular formula is C12H18ClN3O. The molecule has 0 aliphatic carbocycles. The molecule has 0 spiro atoms. The molecule has 0 fully saturated rings. The third-order valence-electron chi connectivity index (χ3n) is 2.45. The summed E-state index contributed by atoms with van der Waals surface area (Å²) in [6, 6.07) is 1.53. The van der Waals surface area contributed by atoms with E-state index in [1.165, 1.54) is 25.1 Å². The first-order chi connectivity index (χ1) is 8.15. The fourth-order valence-corrected chi connectivity index (χ4v) is 1.59. The monoisotopic (exact) mass is 255 g/mol. The van der Waals surface area contributed by atoms with Gasteiger partial charge in [0.25, 0.3) is 5.91 Å². The van der Waals surface area contributed by atoms with Crippen molar-refractivity contribution in [2.45, 2.75) is 32.6 Å². The Kier molecular flexibility index (Phi) is 5.77. The summed E-state index contributed by atoms with van der Waals surface area (Å²) in [6.07, 6.45) is 5.95. The highest BCUT2D eigenvalue weighted by atomic mass is 35.5. The van der Waals surface area contributed by atoms with Crippen LogP contribution in [0.15, 0.2) is 12.3 Å². The summed E-state index contributed by atoms with van der Waals surface area (Å²) >= 11 is 5.79. The molecule has 1 heterocycles. The molecule has 4 nitrogen and oxygen atoms in total. The maximum Gasteiger partial charge on any atom is 0.252 e. The number of aromatic nitrogens is 1. The number of carbonyl (C=O) groups excluding carboxylic acids is 1. The second kappa shape index (κ2) is 7.12. The highest BCUT2D eigenvalue weighted by Gasteiger charge is 2.07. The van der Waals surface area contributed by atoms with Gasteiger partial charge in [0.2, 0.25) is 0 Å². The molecule has 0 aromatic carbocycles. The lowest BCUT2D eigenvalue weighted by atomic mass is 10.2. The number of halogens is 1. The van der Waals surface area contributed by atoms with Crippen molar-refractivity contribution in [3.8, 4) is 0 Å². The second-order valence-electron chi connectivity index (χ2n) is 3.91. The predicted molar refractivity (Wildman–Crippen MR) is 70.1 cm³/mol. The van der Waals surface area contributed by atoms with E-state index in [0.717, 1.165) is 12.8 Å². The number of rotatable bonds is 6. The molecule has 1 aromatic heterocycles. The van der Waals surface area contributed by atoms with Gasteiger partial charge in [-0.2, -0.15) is 0 Å². The number of nitrogens with one attached hydrogen (secondary N) is 1. The van der Waals surface area contributed by atoms with Crippen molar-refractivity contribution in [3.63, 3.8) is 0 Å². The van der Waals surface area contributed by atoms with E-state index in [9.17, 15) is 4.79 Å². The predicted octanol–water partition coefficient (Wildman–Crippen LogP) is 2.63. The maximum absolute atomic E-state index is 11.7. The number of pyridine rings is 1. The lowest BCUT2D eigenvalue weighted by Crippen LogP contribution is -2.24. The molecule has 0 saturated carbocycles. The molecule has 0 unspecified atom stereocenters. The number of nitrogens with two attached hydrogens (primary N) is 1. The van der Waals surface area contributed by atoms with Gasteiger partial charge in [0.1, 0.15) is 5.82 Å². The molecule has 1 amide bonds. The van der Waals surface area contributed by atoms with Crippen molar-refractivity contribution < 1.29 is 4.79 Å². The van der Waals surface area contributed by atoms with Gasteiger partial charge in [0, 0.05) is 12.7 Å². The summed E-state index contributed by atoms with van der Waals surface area (Å²) < 4.78 is 0. The highest BCUT2D eigenvalue weighted by molar-refractivity contribution is 6.33. The summed E-state index contributed by atoms with van der Waals surface area (Å²) in [5.41, 5.74) is 5.91. The summed E-state index contributed by atoms with van der Waals surface area (Å²) in [5, 5.41) is 3.14. The summed E-state index contributed by atoms with van der Waals surface area (Å²) in [4.78, 5) is 15.5. The molecule has 3 N–H and O–H groups in total. The van der Waals surface area contributed by atoms with Crippen LogP contribution in [0.25, 0.3) is 0 Å². The highest BCUT2D eigenvalue weighted by Crippen LogP contribution is 2.16. The zero-order valence-corrected chi connectivity index (χ0v) is 10.8. The summed E-state index contributed by atoms with van der Waals surface area (Å²) in [5.74, 6) is 0.0852. The second-order valence-corrected chi connectivity index (χ2v) is 4.31. The van der Waals surface area contributed by atoms with Crippen molar-refractivity contribution in [2.75, 3.05) is 12.3 Å². The van der Waals surface area contributed by atoms with E-state index in [1.54, 1.807) is 0 Å². The molecule has 0 aliphatic rings. The third-order valence-corrected chi connectivity index (χ3v) is 2.75. The molecule has 0 atom stereocenters. The molecule has 0 saturated heterocycles. The Morgan fingerprint density at radius 1 is 1.47 bits per heavy atom. The van der Waals surface area contributed by atoms with Gasteiger partial charge < -0.3 is 11.1 Å². The van der Waals surface area contributed by atoms with Crippen LogP contribution in [-0.2, 0) is 0 Å². The number of anilines is 1. The minimum Gasteiger partial charge on any atom is -0.382 e. The molecule has 0 aliphatic heterocycles. The van der Waals surface area contributed by atoms with Gasteiger partial charge in [-0.25, -0.2) is 4.98 Å². The lowest BCUT2D eigenvalue weighted by molar-refractivity contribution is 0.0952. The van der Waals surface area contributed by atoms with Crippen LogP contribution in [-0.4, -0.2) is 17.4 Å². The first kappa shape index (κ1) is 13.8. The van der Waals surface area contributed by atoms with Crippen molar-refractivity contribution in [2.24, 2.45) is 0 Å². The molecule has 17 heavy (non-hydrogen) atoms. The van der Waals surface area contributed by atoms with Crippen molar-refractivity contribution in [3.05, 3.63) is 22.8 Å². The largest absolute Gasteiger partial charge is 0.382 e. The van der Waals surface area contributed by atoms with Gasteiger partial charge in [-0.3, -0.25) is 4.79 Å². The van der Waals surface area contributed by atoms with Crippen LogP contribution >= 0.6 is 11.6 Å². The van der Waals surface area contributed by atoms with Crippen LogP contribution in [0.5, 0.6) is 0 Å². The number of amides is 1. The molecule has 94 valence electrons. The minimum absolute atomic E-state index is 0.157. The van der Waals surface area contributed by atoms with Gasteiger partial charge in [-0.05, 0) is 12.5 Å². The molecule has 1 aromatic rings. The normalized spacial score (nSPS) is 10.2. The summed E-state index contributed by atoms with van der Waals surface area (Å²) in [6.45, 7) is 2.83. The van der Waals surface area contributed by atoms with Crippen LogP contribution in [0, 0.1) is 0 Å². The molecule has 1 rings (SSSR count). The summed E-state index contributed by atoms with van der Waals surface area (Å²) in [7, 11) is 0. The SMILES string of the molecule is CCCCCCNC(=O)c1cnc(N)c(Cl)c1. The Labute approximate surface area is 107 Å². The zero-order valence-electron chi connectivity index (χ0n) is 10.0. The fourth-order valence-electron chi connectivity index (χ4n) is 1.43. The Bertz CT molecular complexity index is 382.